The summed E-state index contributed by atoms with van der Waals surface area (Å²) in [6.07, 6.45) is 0.826. The molecule has 2 aromatic rings. The first-order valence-corrected chi connectivity index (χ1v) is 7.40. The highest BCUT2D eigenvalue weighted by Gasteiger charge is 2.15. The van der Waals surface area contributed by atoms with Crippen molar-refractivity contribution < 1.29 is 23.6 Å². The van der Waals surface area contributed by atoms with Gasteiger partial charge in [-0.2, -0.15) is 0 Å². The number of carbonyl (C=O) groups excluding carboxylic acids is 2. The lowest BCUT2D eigenvalue weighted by Gasteiger charge is -2.08. The molecule has 2 rings (SSSR count). The molecule has 0 aromatic heterocycles. The van der Waals surface area contributed by atoms with E-state index in [0.717, 1.165) is 30.2 Å². The number of nitrogens with zero attached hydrogens (tertiary/aromatic N) is 1. The number of anilines is 1. The van der Waals surface area contributed by atoms with Crippen molar-refractivity contribution >= 4 is 23.3 Å². The number of amides is 1. The van der Waals surface area contributed by atoms with Crippen LogP contribution in [0.25, 0.3) is 0 Å². The topological polar surface area (TPSA) is 98.5 Å². The molecule has 7 nitrogen and oxygen atoms in total. The smallest absolute Gasteiger partial charge is 0.338 e. The molecule has 8 heteroatoms. The van der Waals surface area contributed by atoms with Gasteiger partial charge in [0.2, 0.25) is 0 Å². The number of rotatable bonds is 6. The predicted octanol–water partition coefficient (Wildman–Crippen LogP) is 3.09. The number of nitro groups is 1. The highest BCUT2D eigenvalue weighted by atomic mass is 19.1. The first-order chi connectivity index (χ1) is 11.9. The van der Waals surface area contributed by atoms with E-state index in [1.165, 1.54) is 0 Å². The van der Waals surface area contributed by atoms with Crippen LogP contribution in [0.3, 0.4) is 0 Å². The van der Waals surface area contributed by atoms with Gasteiger partial charge in [-0.05, 0) is 30.2 Å². The fourth-order valence-corrected chi connectivity index (χ4v) is 2.00. The summed E-state index contributed by atoms with van der Waals surface area (Å²) in [5.41, 5.74) is 0.606. The van der Waals surface area contributed by atoms with E-state index in [1.54, 1.807) is 24.3 Å². The Labute approximate surface area is 142 Å². The molecule has 25 heavy (non-hydrogen) atoms. The molecule has 0 aliphatic rings. The number of nitrogens with one attached hydrogen (secondary N) is 1. The molecule has 0 aliphatic heterocycles. The van der Waals surface area contributed by atoms with E-state index >= 15 is 0 Å². The zero-order valence-corrected chi connectivity index (χ0v) is 13.3. The molecule has 0 bridgehead atoms. The van der Waals surface area contributed by atoms with Crippen LogP contribution >= 0.6 is 0 Å². The molecular formula is C17H15FN2O5. The Hall–Kier alpha value is -3.29. The minimum absolute atomic E-state index is 0.284. The van der Waals surface area contributed by atoms with Crippen LogP contribution in [0, 0.1) is 15.9 Å². The van der Waals surface area contributed by atoms with Gasteiger partial charge < -0.3 is 10.1 Å². The van der Waals surface area contributed by atoms with Crippen LogP contribution in [0.2, 0.25) is 0 Å². The first-order valence-electron chi connectivity index (χ1n) is 7.40. The standard InChI is InChI=1S/C17H15FN2O5/c1-2-11-3-5-12(6-4-11)17(22)25-10-16(21)19-15-9-13(20(23)24)7-8-14(15)18/h3-9H,2,10H2,1H3,(H,19,21). The molecule has 2 aromatic carbocycles. The lowest BCUT2D eigenvalue weighted by atomic mass is 10.1. The number of aryl methyl sites for hydroxylation is 1. The van der Waals surface area contributed by atoms with Crippen molar-refractivity contribution in [2.45, 2.75) is 13.3 Å². The lowest BCUT2D eigenvalue weighted by molar-refractivity contribution is -0.384. The van der Waals surface area contributed by atoms with Crippen LogP contribution in [0.5, 0.6) is 0 Å². The van der Waals surface area contributed by atoms with Crippen LogP contribution in [-0.2, 0) is 16.0 Å². The van der Waals surface area contributed by atoms with Crippen molar-refractivity contribution in [3.63, 3.8) is 0 Å². The molecule has 1 N–H and O–H groups in total. The fraction of sp³-hybridized carbons (Fsp3) is 0.176. The van der Waals surface area contributed by atoms with E-state index in [9.17, 15) is 24.1 Å². The van der Waals surface area contributed by atoms with E-state index in [1.807, 2.05) is 6.92 Å². The summed E-state index contributed by atoms with van der Waals surface area (Å²) in [6, 6.07) is 9.45. The molecule has 0 radical (unpaired) electrons. The molecule has 1 amide bonds. The van der Waals surface area contributed by atoms with Gasteiger partial charge in [-0.25, -0.2) is 9.18 Å². The van der Waals surface area contributed by atoms with Gasteiger partial charge in [0.25, 0.3) is 11.6 Å². The second kappa shape index (κ2) is 8.00. The second-order valence-electron chi connectivity index (χ2n) is 5.10. The molecule has 0 atom stereocenters. The highest BCUT2D eigenvalue weighted by molar-refractivity contribution is 5.95. The van der Waals surface area contributed by atoms with Crippen molar-refractivity contribution in [3.05, 3.63) is 69.5 Å². The second-order valence-corrected chi connectivity index (χ2v) is 5.10. The molecule has 0 heterocycles. The number of hydrogen-bond donors (Lipinski definition) is 1. The molecule has 130 valence electrons. The van der Waals surface area contributed by atoms with Crippen LogP contribution in [-0.4, -0.2) is 23.4 Å². The zero-order chi connectivity index (χ0) is 18.4. The predicted molar refractivity (Wildman–Crippen MR) is 87.8 cm³/mol. The van der Waals surface area contributed by atoms with Crippen molar-refractivity contribution in [2.24, 2.45) is 0 Å². The Bertz CT molecular complexity index is 805. The Morgan fingerprint density at radius 1 is 1.20 bits per heavy atom. The monoisotopic (exact) mass is 346 g/mol. The minimum atomic E-state index is -0.833. The molecule has 0 saturated heterocycles. The summed E-state index contributed by atoms with van der Waals surface area (Å²) in [6.45, 7) is 1.33. The van der Waals surface area contributed by atoms with E-state index in [4.69, 9.17) is 4.74 Å². The van der Waals surface area contributed by atoms with Gasteiger partial charge in [0.05, 0.1) is 16.2 Å². The third-order valence-corrected chi connectivity index (χ3v) is 3.37. The van der Waals surface area contributed by atoms with Crippen molar-refractivity contribution in [3.8, 4) is 0 Å². The van der Waals surface area contributed by atoms with Gasteiger partial charge in [-0.3, -0.25) is 14.9 Å². The first kappa shape index (κ1) is 18.1. The van der Waals surface area contributed by atoms with Crippen molar-refractivity contribution in [1.82, 2.24) is 0 Å². The molecule has 0 saturated carbocycles. The SMILES string of the molecule is CCc1ccc(C(=O)OCC(=O)Nc2cc([N+](=O)[O-])ccc2F)cc1. The van der Waals surface area contributed by atoms with E-state index in [0.29, 0.717) is 0 Å². The van der Waals surface area contributed by atoms with Gasteiger partial charge in [0, 0.05) is 12.1 Å². The van der Waals surface area contributed by atoms with E-state index < -0.39 is 29.2 Å². The number of benzene rings is 2. The highest BCUT2D eigenvalue weighted by Crippen LogP contribution is 2.21. The zero-order valence-electron chi connectivity index (χ0n) is 13.3. The summed E-state index contributed by atoms with van der Waals surface area (Å²) < 4.78 is 18.4. The number of ether oxygens (including phenoxy) is 1. The number of carbonyl (C=O) groups is 2. The van der Waals surface area contributed by atoms with Crippen LogP contribution in [0.15, 0.2) is 42.5 Å². The van der Waals surface area contributed by atoms with Gasteiger partial charge in [-0.1, -0.05) is 19.1 Å². The number of halogens is 1. The van der Waals surface area contributed by atoms with Gasteiger partial charge in [-0.15, -0.1) is 0 Å². The maximum atomic E-state index is 13.6. The summed E-state index contributed by atoms with van der Waals surface area (Å²) in [5.74, 6) is -2.34. The van der Waals surface area contributed by atoms with Crippen LogP contribution < -0.4 is 5.32 Å². The Morgan fingerprint density at radius 3 is 2.48 bits per heavy atom. The summed E-state index contributed by atoms with van der Waals surface area (Å²) in [7, 11) is 0. The molecule has 0 aliphatic carbocycles. The largest absolute Gasteiger partial charge is 0.452 e. The number of hydrogen-bond acceptors (Lipinski definition) is 5. The van der Waals surface area contributed by atoms with E-state index in [-0.39, 0.29) is 16.9 Å². The average molecular weight is 346 g/mol. The van der Waals surface area contributed by atoms with Gasteiger partial charge in [0.15, 0.2) is 6.61 Å². The number of non-ortho nitro benzene ring substituents is 1. The Kier molecular flexibility index (Phi) is 5.78. The van der Waals surface area contributed by atoms with Crippen molar-refractivity contribution in [1.29, 1.82) is 0 Å². The molecular weight excluding hydrogens is 331 g/mol. The Balaban J connectivity index is 1.95. The third kappa shape index (κ3) is 4.84. The quantitative estimate of drug-likeness (QED) is 0.492. The maximum absolute atomic E-state index is 13.6. The fourth-order valence-electron chi connectivity index (χ4n) is 2.00. The summed E-state index contributed by atoms with van der Waals surface area (Å²) in [4.78, 5) is 33.6. The average Bonchev–Trinajstić information content (AvgIpc) is 2.61. The maximum Gasteiger partial charge on any atom is 0.338 e. The van der Waals surface area contributed by atoms with Crippen molar-refractivity contribution in [2.75, 3.05) is 11.9 Å². The third-order valence-electron chi connectivity index (χ3n) is 3.37. The lowest BCUT2D eigenvalue weighted by Crippen LogP contribution is -2.21. The normalized spacial score (nSPS) is 10.2. The van der Waals surface area contributed by atoms with Gasteiger partial charge in [0.1, 0.15) is 5.82 Å². The Morgan fingerprint density at radius 2 is 1.88 bits per heavy atom. The summed E-state index contributed by atoms with van der Waals surface area (Å²) in [5, 5.41) is 12.8. The number of esters is 1. The van der Waals surface area contributed by atoms with Gasteiger partial charge >= 0.3 is 5.97 Å². The molecule has 0 spiro atoms. The minimum Gasteiger partial charge on any atom is -0.452 e. The summed E-state index contributed by atoms with van der Waals surface area (Å²) >= 11 is 0. The van der Waals surface area contributed by atoms with Crippen LogP contribution in [0.4, 0.5) is 15.8 Å². The number of nitro benzene ring substituents is 1. The molecule has 0 unspecified atom stereocenters. The van der Waals surface area contributed by atoms with E-state index in [2.05, 4.69) is 5.32 Å². The van der Waals surface area contributed by atoms with Crippen LogP contribution in [0.1, 0.15) is 22.8 Å². The molecule has 0 fully saturated rings.